The number of rotatable bonds is 5. The topological polar surface area (TPSA) is 29.1 Å². The first-order chi connectivity index (χ1) is 11.5. The second-order valence-electron chi connectivity index (χ2n) is 5.78. The van der Waals surface area contributed by atoms with Crippen LogP contribution in [0.15, 0.2) is 48.5 Å². The summed E-state index contributed by atoms with van der Waals surface area (Å²) in [6, 6.07) is 14.5. The normalized spacial score (nSPS) is 12.3. The second-order valence-corrected chi connectivity index (χ2v) is 7.21. The number of thiophene rings is 1. The summed E-state index contributed by atoms with van der Waals surface area (Å²) < 4.78 is 14.0. The van der Waals surface area contributed by atoms with Crippen molar-refractivity contribution in [1.29, 1.82) is 0 Å². The van der Waals surface area contributed by atoms with Gasteiger partial charge < -0.3 is 5.32 Å². The van der Waals surface area contributed by atoms with E-state index in [1.807, 2.05) is 25.1 Å². The smallest absolute Gasteiger partial charge is 0.263 e. The van der Waals surface area contributed by atoms with Crippen molar-refractivity contribution in [3.63, 3.8) is 0 Å². The standard InChI is InChI=1S/C19H17ClFNOS/c1-12(7-8-13-5-3-2-4-6-13)22-19(23)18-17(20)15-10-9-14(21)11-16(15)24-18/h2-6,9-12H,7-8H2,1H3,(H,22,23)/t12-/m1/s1. The van der Waals surface area contributed by atoms with E-state index in [1.54, 1.807) is 6.07 Å². The number of amides is 1. The average Bonchev–Trinajstić information content (AvgIpc) is 2.90. The van der Waals surface area contributed by atoms with E-state index < -0.39 is 0 Å². The lowest BCUT2D eigenvalue weighted by atomic mass is 10.1. The van der Waals surface area contributed by atoms with Crippen LogP contribution >= 0.6 is 22.9 Å². The predicted octanol–water partition coefficient (Wildman–Crippen LogP) is 5.44. The fourth-order valence-corrected chi connectivity index (χ4v) is 4.02. The molecule has 24 heavy (non-hydrogen) atoms. The van der Waals surface area contributed by atoms with Crippen LogP contribution in [0.2, 0.25) is 5.02 Å². The molecule has 1 aromatic heterocycles. The molecule has 1 N–H and O–H groups in total. The van der Waals surface area contributed by atoms with E-state index in [2.05, 4.69) is 17.4 Å². The molecule has 0 fully saturated rings. The van der Waals surface area contributed by atoms with Gasteiger partial charge in [-0.2, -0.15) is 0 Å². The van der Waals surface area contributed by atoms with Gasteiger partial charge in [-0.05, 0) is 43.5 Å². The van der Waals surface area contributed by atoms with E-state index in [9.17, 15) is 9.18 Å². The summed E-state index contributed by atoms with van der Waals surface area (Å²) in [7, 11) is 0. The predicted molar refractivity (Wildman–Crippen MR) is 98.5 cm³/mol. The number of carbonyl (C=O) groups is 1. The van der Waals surface area contributed by atoms with Crippen molar-refractivity contribution in [2.45, 2.75) is 25.8 Å². The summed E-state index contributed by atoms with van der Waals surface area (Å²) in [5.74, 6) is -0.536. The van der Waals surface area contributed by atoms with Crippen molar-refractivity contribution in [1.82, 2.24) is 5.32 Å². The van der Waals surface area contributed by atoms with Gasteiger partial charge in [-0.3, -0.25) is 4.79 Å². The Bertz CT molecular complexity index is 862. The lowest BCUT2D eigenvalue weighted by molar-refractivity contribution is 0.0943. The summed E-state index contributed by atoms with van der Waals surface area (Å²) in [5.41, 5.74) is 1.24. The number of hydrogen-bond donors (Lipinski definition) is 1. The molecule has 1 heterocycles. The first-order valence-electron chi connectivity index (χ1n) is 7.77. The Morgan fingerprint density at radius 3 is 2.75 bits per heavy atom. The number of aryl methyl sites for hydroxylation is 1. The fraction of sp³-hybridized carbons (Fsp3) is 0.211. The van der Waals surface area contributed by atoms with Gasteiger partial charge in [0.2, 0.25) is 0 Å². The molecule has 0 unspecified atom stereocenters. The van der Waals surface area contributed by atoms with Gasteiger partial charge in [0.1, 0.15) is 10.7 Å². The van der Waals surface area contributed by atoms with Crippen molar-refractivity contribution < 1.29 is 9.18 Å². The molecule has 1 amide bonds. The fourth-order valence-electron chi connectivity index (χ4n) is 2.57. The SMILES string of the molecule is C[C@H](CCc1ccccc1)NC(=O)c1sc2cc(F)ccc2c1Cl. The van der Waals surface area contributed by atoms with Gasteiger partial charge in [0.05, 0.1) is 5.02 Å². The van der Waals surface area contributed by atoms with Crippen molar-refractivity contribution in [3.05, 3.63) is 69.8 Å². The Balaban J connectivity index is 1.67. The van der Waals surface area contributed by atoms with E-state index in [0.29, 0.717) is 20.0 Å². The maximum absolute atomic E-state index is 13.3. The molecule has 124 valence electrons. The third kappa shape index (κ3) is 3.77. The molecule has 1 atom stereocenters. The van der Waals surface area contributed by atoms with Gasteiger partial charge in [0.25, 0.3) is 5.91 Å². The van der Waals surface area contributed by atoms with E-state index in [4.69, 9.17) is 11.6 Å². The highest BCUT2D eigenvalue weighted by Crippen LogP contribution is 2.35. The molecule has 0 aliphatic rings. The van der Waals surface area contributed by atoms with Crippen LogP contribution in [0.4, 0.5) is 4.39 Å². The van der Waals surface area contributed by atoms with Crippen molar-refractivity contribution in [2.75, 3.05) is 0 Å². The van der Waals surface area contributed by atoms with E-state index in [0.717, 1.165) is 12.8 Å². The van der Waals surface area contributed by atoms with Crippen molar-refractivity contribution in [3.8, 4) is 0 Å². The minimum Gasteiger partial charge on any atom is -0.349 e. The van der Waals surface area contributed by atoms with Crippen molar-refractivity contribution in [2.24, 2.45) is 0 Å². The Kier molecular flexibility index (Phi) is 5.17. The number of hydrogen-bond acceptors (Lipinski definition) is 2. The number of carbonyl (C=O) groups excluding carboxylic acids is 1. The molecule has 3 rings (SSSR count). The summed E-state index contributed by atoms with van der Waals surface area (Å²) in [5, 5.41) is 4.08. The molecule has 0 spiro atoms. The monoisotopic (exact) mass is 361 g/mol. The summed E-state index contributed by atoms with van der Waals surface area (Å²) in [6.07, 6.45) is 1.74. The first-order valence-corrected chi connectivity index (χ1v) is 8.96. The highest BCUT2D eigenvalue weighted by atomic mass is 35.5. The quantitative estimate of drug-likeness (QED) is 0.643. The molecule has 0 radical (unpaired) electrons. The van der Waals surface area contributed by atoms with Crippen LogP contribution in [-0.4, -0.2) is 11.9 Å². The molecule has 0 aliphatic heterocycles. The summed E-state index contributed by atoms with van der Waals surface area (Å²) >= 11 is 7.51. The molecule has 0 saturated carbocycles. The van der Waals surface area contributed by atoms with Crippen LogP contribution in [0, 0.1) is 5.82 Å². The zero-order valence-electron chi connectivity index (χ0n) is 13.2. The molecular weight excluding hydrogens is 345 g/mol. The molecule has 5 heteroatoms. The number of halogens is 2. The number of benzene rings is 2. The lowest BCUT2D eigenvalue weighted by Gasteiger charge is -2.13. The van der Waals surface area contributed by atoms with Gasteiger partial charge in [-0.1, -0.05) is 41.9 Å². The molecule has 0 aliphatic carbocycles. The molecule has 2 nitrogen and oxygen atoms in total. The van der Waals surface area contributed by atoms with Crippen molar-refractivity contribution >= 4 is 38.9 Å². The Hall–Kier alpha value is -1.91. The Morgan fingerprint density at radius 2 is 2.00 bits per heavy atom. The molecule has 0 saturated heterocycles. The van der Waals surface area contributed by atoms with Crippen LogP contribution < -0.4 is 5.32 Å². The second kappa shape index (κ2) is 7.32. The first kappa shape index (κ1) is 16.9. The summed E-state index contributed by atoms with van der Waals surface area (Å²) in [4.78, 5) is 12.9. The Morgan fingerprint density at radius 1 is 1.25 bits per heavy atom. The molecule has 2 aromatic carbocycles. The minimum atomic E-state index is -0.330. The highest BCUT2D eigenvalue weighted by Gasteiger charge is 2.18. The van der Waals surface area contributed by atoms with Gasteiger partial charge in [0, 0.05) is 16.1 Å². The largest absolute Gasteiger partial charge is 0.349 e. The van der Waals surface area contributed by atoms with Crippen LogP contribution in [0.1, 0.15) is 28.6 Å². The molecular formula is C19H17ClFNOS. The average molecular weight is 362 g/mol. The third-order valence-electron chi connectivity index (χ3n) is 3.88. The number of nitrogens with one attached hydrogen (secondary N) is 1. The third-order valence-corrected chi connectivity index (χ3v) is 5.54. The maximum atomic E-state index is 13.3. The van der Waals surface area contributed by atoms with Crippen LogP contribution in [0.25, 0.3) is 10.1 Å². The van der Waals surface area contributed by atoms with Gasteiger partial charge in [0.15, 0.2) is 0 Å². The zero-order valence-corrected chi connectivity index (χ0v) is 14.8. The van der Waals surface area contributed by atoms with Gasteiger partial charge >= 0.3 is 0 Å². The molecule has 3 aromatic rings. The summed E-state index contributed by atoms with van der Waals surface area (Å²) in [6.45, 7) is 1.97. The molecule has 0 bridgehead atoms. The lowest BCUT2D eigenvalue weighted by Crippen LogP contribution is -2.32. The minimum absolute atomic E-state index is 0.0238. The number of fused-ring (bicyclic) bond motifs is 1. The van der Waals surface area contributed by atoms with E-state index >= 15 is 0 Å². The van der Waals surface area contributed by atoms with Gasteiger partial charge in [-0.25, -0.2) is 4.39 Å². The van der Waals surface area contributed by atoms with Crippen LogP contribution in [0.5, 0.6) is 0 Å². The zero-order chi connectivity index (χ0) is 17.1. The highest BCUT2D eigenvalue weighted by molar-refractivity contribution is 7.21. The van der Waals surface area contributed by atoms with E-state index in [1.165, 1.54) is 29.0 Å². The van der Waals surface area contributed by atoms with Gasteiger partial charge in [-0.15, -0.1) is 11.3 Å². The maximum Gasteiger partial charge on any atom is 0.263 e. The van der Waals surface area contributed by atoms with Crippen LogP contribution in [0.3, 0.4) is 0 Å². The van der Waals surface area contributed by atoms with Crippen LogP contribution in [-0.2, 0) is 6.42 Å². The van der Waals surface area contributed by atoms with E-state index in [-0.39, 0.29) is 17.8 Å². The Labute approximate surface area is 149 Å².